The fourth-order valence-electron chi connectivity index (χ4n) is 1.58. The predicted octanol–water partition coefficient (Wildman–Crippen LogP) is 6.10. The van der Waals surface area contributed by atoms with Crippen molar-refractivity contribution in [3.8, 4) is 0 Å². The Morgan fingerprint density at radius 3 is 2.17 bits per heavy atom. The number of hydrogen-bond donors (Lipinski definition) is 0. The van der Waals surface area contributed by atoms with E-state index >= 15 is 0 Å². The van der Waals surface area contributed by atoms with Crippen molar-refractivity contribution in [3.63, 3.8) is 0 Å². The summed E-state index contributed by atoms with van der Waals surface area (Å²) in [5.74, 6) is 0. The van der Waals surface area contributed by atoms with Crippen molar-refractivity contribution in [3.05, 3.63) is 74.0 Å². The van der Waals surface area contributed by atoms with E-state index in [9.17, 15) is 0 Å². The van der Waals surface area contributed by atoms with Crippen LogP contribution in [0.2, 0.25) is 20.1 Å². The van der Waals surface area contributed by atoms with Gasteiger partial charge in [0.05, 0.1) is 0 Å². The van der Waals surface area contributed by atoms with Crippen molar-refractivity contribution < 1.29 is 0 Å². The summed E-state index contributed by atoms with van der Waals surface area (Å²) < 4.78 is 0. The van der Waals surface area contributed by atoms with E-state index in [0.717, 1.165) is 11.1 Å². The van der Waals surface area contributed by atoms with E-state index in [-0.39, 0.29) is 0 Å². The highest BCUT2D eigenvalue weighted by Gasteiger charge is 2.05. The van der Waals surface area contributed by atoms with Crippen molar-refractivity contribution in [1.82, 2.24) is 0 Å². The molecule has 2 aromatic carbocycles. The van der Waals surface area contributed by atoms with Gasteiger partial charge in [0, 0.05) is 20.1 Å². The van der Waals surface area contributed by atoms with Crippen LogP contribution in [-0.4, -0.2) is 0 Å². The zero-order valence-corrected chi connectivity index (χ0v) is 12.3. The van der Waals surface area contributed by atoms with Crippen LogP contribution in [0, 0.1) is 6.42 Å². The van der Waals surface area contributed by atoms with E-state index in [2.05, 4.69) is 0 Å². The molecule has 0 N–H and O–H groups in total. The van der Waals surface area contributed by atoms with Gasteiger partial charge in [-0.2, -0.15) is 0 Å². The van der Waals surface area contributed by atoms with Crippen LogP contribution in [-0.2, 0) is 6.42 Å². The van der Waals surface area contributed by atoms with Crippen molar-refractivity contribution in [2.24, 2.45) is 0 Å². The van der Waals surface area contributed by atoms with Crippen molar-refractivity contribution >= 4 is 46.4 Å². The molecule has 93 valence electrons. The second-order valence-corrected chi connectivity index (χ2v) is 5.50. The standard InChI is InChI=1S/C14H9Cl4/c15-11-5-6-13(17)10(7-11)2-1-9-3-4-12(16)8-14(9)18/h2-8H,1H2. The summed E-state index contributed by atoms with van der Waals surface area (Å²) in [6, 6.07) is 10.8. The minimum Gasteiger partial charge on any atom is -0.0843 e. The zero-order chi connectivity index (χ0) is 13.1. The molecule has 0 saturated carbocycles. The summed E-state index contributed by atoms with van der Waals surface area (Å²) >= 11 is 24.0. The molecule has 0 saturated heterocycles. The average molecular weight is 319 g/mol. The van der Waals surface area contributed by atoms with Gasteiger partial charge in [-0.25, -0.2) is 0 Å². The first-order valence-electron chi connectivity index (χ1n) is 5.28. The third kappa shape index (κ3) is 3.55. The molecule has 4 heteroatoms. The summed E-state index contributed by atoms with van der Waals surface area (Å²) in [6.45, 7) is 0. The highest BCUT2D eigenvalue weighted by molar-refractivity contribution is 6.35. The van der Waals surface area contributed by atoms with Crippen LogP contribution in [0.15, 0.2) is 36.4 Å². The Bertz CT molecular complexity index is 564. The van der Waals surface area contributed by atoms with Gasteiger partial charge in [-0.15, -0.1) is 0 Å². The Hall–Kier alpha value is -0.400. The van der Waals surface area contributed by atoms with Gasteiger partial charge in [0.1, 0.15) is 0 Å². The van der Waals surface area contributed by atoms with Crippen LogP contribution >= 0.6 is 46.4 Å². The van der Waals surface area contributed by atoms with Gasteiger partial charge in [0.2, 0.25) is 0 Å². The maximum absolute atomic E-state index is 6.10. The third-order valence-electron chi connectivity index (χ3n) is 2.52. The summed E-state index contributed by atoms with van der Waals surface area (Å²) in [7, 11) is 0. The largest absolute Gasteiger partial charge is 0.0843 e. The molecule has 0 aliphatic rings. The van der Waals surface area contributed by atoms with E-state index in [0.29, 0.717) is 26.5 Å². The molecule has 0 unspecified atom stereocenters. The molecule has 0 aliphatic carbocycles. The molecular weight excluding hydrogens is 310 g/mol. The molecule has 0 aromatic heterocycles. The Morgan fingerprint density at radius 1 is 0.778 bits per heavy atom. The first kappa shape index (κ1) is 14.0. The van der Waals surface area contributed by atoms with E-state index < -0.39 is 0 Å². The second kappa shape index (κ2) is 6.16. The van der Waals surface area contributed by atoms with Gasteiger partial charge >= 0.3 is 0 Å². The molecule has 0 fully saturated rings. The maximum Gasteiger partial charge on any atom is 0.0453 e. The lowest BCUT2D eigenvalue weighted by Gasteiger charge is -2.07. The minimum atomic E-state index is 0.629. The Labute approximate surface area is 126 Å². The predicted molar refractivity (Wildman–Crippen MR) is 80.0 cm³/mol. The van der Waals surface area contributed by atoms with Crippen molar-refractivity contribution in [1.29, 1.82) is 0 Å². The Morgan fingerprint density at radius 2 is 1.44 bits per heavy atom. The Balaban J connectivity index is 2.13. The third-order valence-corrected chi connectivity index (χ3v) is 3.68. The lowest BCUT2D eigenvalue weighted by atomic mass is 10.0. The monoisotopic (exact) mass is 317 g/mol. The molecular formula is C14H9Cl4. The lowest BCUT2D eigenvalue weighted by Crippen LogP contribution is -1.91. The SMILES string of the molecule is Clc1ccc(C[CH]c2cc(Cl)ccc2Cl)c(Cl)c1. The van der Waals surface area contributed by atoms with Crippen LogP contribution in [0.5, 0.6) is 0 Å². The number of benzene rings is 2. The van der Waals surface area contributed by atoms with Crippen molar-refractivity contribution in [2.45, 2.75) is 6.42 Å². The van der Waals surface area contributed by atoms with Gasteiger partial charge in [0.25, 0.3) is 0 Å². The highest BCUT2D eigenvalue weighted by atomic mass is 35.5. The van der Waals surface area contributed by atoms with Gasteiger partial charge in [-0.05, 0) is 54.3 Å². The maximum atomic E-state index is 6.10. The molecule has 0 amide bonds. The van der Waals surface area contributed by atoms with Crippen molar-refractivity contribution in [2.75, 3.05) is 0 Å². The van der Waals surface area contributed by atoms with E-state index in [1.54, 1.807) is 18.2 Å². The summed E-state index contributed by atoms with van der Waals surface area (Å²) in [5, 5.41) is 2.61. The fraction of sp³-hybridized carbons (Fsp3) is 0.0714. The first-order valence-corrected chi connectivity index (χ1v) is 6.79. The molecule has 0 aliphatic heterocycles. The van der Waals surface area contributed by atoms with E-state index in [1.165, 1.54) is 0 Å². The quantitative estimate of drug-likeness (QED) is 0.641. The molecule has 0 heterocycles. The summed E-state index contributed by atoms with van der Waals surface area (Å²) in [5.41, 5.74) is 1.90. The van der Waals surface area contributed by atoms with Crippen LogP contribution in [0.4, 0.5) is 0 Å². The van der Waals surface area contributed by atoms with Crippen LogP contribution in [0.1, 0.15) is 11.1 Å². The molecule has 1 radical (unpaired) electrons. The topological polar surface area (TPSA) is 0 Å². The Kier molecular flexibility index (Phi) is 4.80. The second-order valence-electron chi connectivity index (χ2n) is 3.81. The first-order chi connectivity index (χ1) is 8.56. The molecule has 18 heavy (non-hydrogen) atoms. The van der Waals surface area contributed by atoms with Gasteiger partial charge in [-0.3, -0.25) is 0 Å². The lowest BCUT2D eigenvalue weighted by molar-refractivity contribution is 1.17. The number of rotatable bonds is 3. The van der Waals surface area contributed by atoms with E-state index in [4.69, 9.17) is 46.4 Å². The number of hydrogen-bond acceptors (Lipinski definition) is 0. The summed E-state index contributed by atoms with van der Waals surface area (Å²) in [4.78, 5) is 0. The molecule has 0 bridgehead atoms. The van der Waals surface area contributed by atoms with Crippen LogP contribution in [0.25, 0.3) is 0 Å². The van der Waals surface area contributed by atoms with Gasteiger partial charge in [-0.1, -0.05) is 52.5 Å². The zero-order valence-electron chi connectivity index (χ0n) is 9.26. The number of halogens is 4. The van der Waals surface area contributed by atoms with Crippen LogP contribution in [0.3, 0.4) is 0 Å². The average Bonchev–Trinajstić information content (AvgIpc) is 2.32. The van der Waals surface area contributed by atoms with Gasteiger partial charge in [0.15, 0.2) is 0 Å². The molecule has 2 rings (SSSR count). The van der Waals surface area contributed by atoms with E-state index in [1.807, 2.05) is 24.6 Å². The normalized spacial score (nSPS) is 10.7. The smallest absolute Gasteiger partial charge is 0.0453 e. The fourth-order valence-corrected chi connectivity index (χ4v) is 2.44. The highest BCUT2D eigenvalue weighted by Crippen LogP contribution is 2.26. The van der Waals surface area contributed by atoms with Crippen LogP contribution < -0.4 is 0 Å². The summed E-state index contributed by atoms with van der Waals surface area (Å²) in [6.07, 6.45) is 2.67. The molecule has 2 aromatic rings. The minimum absolute atomic E-state index is 0.629. The van der Waals surface area contributed by atoms with Gasteiger partial charge < -0.3 is 0 Å². The molecule has 0 atom stereocenters. The molecule has 0 nitrogen and oxygen atoms in total. The molecule has 0 spiro atoms.